The Labute approximate surface area is 292 Å². The number of hydrogen-bond acceptors (Lipinski definition) is 14. The third kappa shape index (κ3) is 7.46. The van der Waals surface area contributed by atoms with Crippen molar-refractivity contribution >= 4 is 92.6 Å². The van der Waals surface area contributed by atoms with E-state index in [1.807, 2.05) is 31.8 Å². The largest absolute Gasteiger partial charge is 0.543 e. The Kier molecular flexibility index (Phi) is 10.7. The topological polar surface area (TPSA) is 237 Å². The van der Waals surface area contributed by atoms with Crippen LogP contribution in [0.3, 0.4) is 0 Å². The number of nitrogens with one attached hydrogen (secondary N) is 2. The predicted octanol–water partition coefficient (Wildman–Crippen LogP) is -1.25. The number of likely N-dealkylation sites (N-methyl/N-ethyl adjacent to an activating group) is 1. The second-order valence-electron chi connectivity index (χ2n) is 11.1. The zero-order valence-electron chi connectivity index (χ0n) is 26.6. The summed E-state index contributed by atoms with van der Waals surface area (Å²) < 4.78 is 3.73. The van der Waals surface area contributed by atoms with Crippen LogP contribution in [0.15, 0.2) is 39.9 Å². The van der Waals surface area contributed by atoms with E-state index >= 15 is 0 Å². The van der Waals surface area contributed by atoms with E-state index in [4.69, 9.17) is 27.3 Å². The number of aliphatic imine (C=N–C) groups is 1. The number of pyridine rings is 1. The van der Waals surface area contributed by atoms with E-state index in [0.29, 0.717) is 30.1 Å². The number of carboxylic acids is 2. The fraction of sp³-hybridized carbons (Fsp3) is 0.393. The van der Waals surface area contributed by atoms with E-state index in [9.17, 15) is 24.3 Å². The van der Waals surface area contributed by atoms with Crippen LogP contribution < -0.4 is 26.0 Å². The summed E-state index contributed by atoms with van der Waals surface area (Å²) in [5.41, 5.74) is 6.65. The highest BCUT2D eigenvalue weighted by Gasteiger charge is 2.53. The van der Waals surface area contributed by atoms with Crippen LogP contribution in [0.25, 0.3) is 11.0 Å². The van der Waals surface area contributed by atoms with E-state index in [2.05, 4.69) is 30.7 Å². The van der Waals surface area contributed by atoms with E-state index in [1.165, 1.54) is 18.7 Å². The number of nitrogen functional groups attached to an aromatic ring is 1. The quantitative estimate of drug-likeness (QED) is 0.0499. The van der Waals surface area contributed by atoms with Crippen LogP contribution in [0.5, 0.6) is 0 Å². The number of carboxylic acid groups (broad SMARTS) is 2. The molecule has 3 atom stereocenters. The molecule has 0 spiro atoms. The number of thioether (sulfide) groups is 1. The third-order valence-electron chi connectivity index (χ3n) is 7.31. The Morgan fingerprint density at radius 3 is 2.76 bits per heavy atom. The number of aromatic nitrogens is 4. The zero-order chi connectivity index (χ0) is 35.6. The van der Waals surface area contributed by atoms with Gasteiger partial charge in [-0.2, -0.15) is 4.57 Å². The summed E-state index contributed by atoms with van der Waals surface area (Å²) in [6, 6.07) is 0.713. The number of amides is 2. The van der Waals surface area contributed by atoms with Gasteiger partial charge in [0, 0.05) is 44.6 Å². The number of nitrogens with zero attached hydrogens (tertiary/aromatic N) is 8. The fourth-order valence-corrected chi connectivity index (χ4v) is 7.24. The van der Waals surface area contributed by atoms with Crippen molar-refractivity contribution in [2.24, 2.45) is 10.1 Å². The molecule has 3 aromatic heterocycles. The van der Waals surface area contributed by atoms with Gasteiger partial charge in [0.25, 0.3) is 11.8 Å². The van der Waals surface area contributed by atoms with Gasteiger partial charge in [-0.25, -0.2) is 19.8 Å². The third-order valence-corrected chi connectivity index (χ3v) is 9.73. The maximum atomic E-state index is 13.4. The molecule has 2 aliphatic heterocycles. The monoisotopic (exact) mass is 733 g/mol. The Morgan fingerprint density at radius 1 is 1.37 bits per heavy atom. The molecular weight excluding hydrogens is 702 g/mol. The number of imidazole rings is 1. The molecule has 5 rings (SSSR count). The number of aliphatic carboxylic acids is 2. The molecule has 21 heteroatoms. The summed E-state index contributed by atoms with van der Waals surface area (Å²) in [5, 5.41) is 30.1. The molecule has 0 aromatic carbocycles. The molecule has 18 nitrogen and oxygen atoms in total. The van der Waals surface area contributed by atoms with Crippen molar-refractivity contribution in [2.45, 2.75) is 37.5 Å². The average Bonchev–Trinajstić information content (AvgIpc) is 3.57. The highest BCUT2D eigenvalue weighted by Crippen LogP contribution is 2.40. The number of rotatable bonds is 14. The normalized spacial score (nSPS) is 18.4. The fourth-order valence-electron chi connectivity index (χ4n) is 4.97. The first-order valence-corrected chi connectivity index (χ1v) is 16.9. The lowest BCUT2D eigenvalue weighted by Gasteiger charge is -2.50. The maximum absolute atomic E-state index is 13.4. The molecule has 5 heterocycles. The lowest BCUT2D eigenvalue weighted by molar-refractivity contribution is -0.687. The second-order valence-corrected chi connectivity index (χ2v) is 13.8. The van der Waals surface area contributed by atoms with Gasteiger partial charge in [0.2, 0.25) is 12.1 Å². The Balaban J connectivity index is 1.37. The number of carbonyl (C=O) groups is 4. The van der Waals surface area contributed by atoms with Crippen LogP contribution in [0.1, 0.15) is 12.6 Å². The van der Waals surface area contributed by atoms with Crippen LogP contribution in [0.4, 0.5) is 11.1 Å². The molecule has 1 fully saturated rings. The molecule has 5 N–H and O–H groups in total. The summed E-state index contributed by atoms with van der Waals surface area (Å²) in [5.74, 6) is -3.82. The smallest absolute Gasteiger partial charge is 0.347 e. The SMILES string of the molecule is CNCCn1c(/N=C\N(C)C)nc2c[n+](CC3=C(C(=O)[O-])N4C(=O)[C@@H](NC(=O)/C(=N\O[C@@H](C)C(=O)O)c5nc(N)sc5Cl)C4SC3)ccc21. The standard InChI is InChI=1S/C28H32ClN11O7S2/c1-13(25(43)44)47-36-18(17-21(29)49-27(30)35-17)22(41)34-19-23(42)40-20(26(45)46)14(11-48-24(19)40)9-38-7-5-16-15(10-38)33-28(32-12-37(3)4)39(16)8-6-31-2/h5,7,10,12-13,19,24,31H,6,8-9,11H2,1-4H3,(H4-,30,34,35,41,43,44,45,46)/b32-12-,36-18-/t13-,19+,24?/m0/s1. The number of carbonyl (C=O) groups excluding carboxylic acids is 3. The first kappa shape index (κ1) is 35.5. The molecule has 0 saturated carbocycles. The number of anilines is 1. The molecule has 3 aromatic rings. The van der Waals surface area contributed by atoms with Crippen molar-refractivity contribution in [3.63, 3.8) is 0 Å². The minimum Gasteiger partial charge on any atom is -0.543 e. The van der Waals surface area contributed by atoms with Crippen molar-refractivity contribution in [2.75, 3.05) is 39.2 Å². The van der Waals surface area contributed by atoms with Gasteiger partial charge in [0.15, 0.2) is 35.3 Å². The number of thiazole rings is 1. The molecule has 0 aliphatic carbocycles. The summed E-state index contributed by atoms with van der Waals surface area (Å²) in [6.07, 6.45) is 3.81. The van der Waals surface area contributed by atoms with Gasteiger partial charge in [-0.15, -0.1) is 11.8 Å². The first-order valence-electron chi connectivity index (χ1n) is 14.6. The highest BCUT2D eigenvalue weighted by atomic mass is 35.5. The van der Waals surface area contributed by atoms with Gasteiger partial charge in [-0.1, -0.05) is 28.1 Å². The second kappa shape index (κ2) is 14.8. The van der Waals surface area contributed by atoms with Crippen LogP contribution in [0, 0.1) is 0 Å². The molecule has 0 bridgehead atoms. The van der Waals surface area contributed by atoms with Crippen LogP contribution in [0.2, 0.25) is 4.34 Å². The molecular formula is C28H32ClN11O7S2. The number of fused-ring (bicyclic) bond motifs is 2. The van der Waals surface area contributed by atoms with Crippen molar-refractivity contribution in [3.05, 3.63) is 39.8 Å². The molecule has 49 heavy (non-hydrogen) atoms. The number of halogens is 1. The first-order chi connectivity index (χ1) is 23.3. The predicted molar refractivity (Wildman–Crippen MR) is 179 cm³/mol. The molecule has 2 amide bonds. The lowest BCUT2D eigenvalue weighted by atomic mass is 10.0. The van der Waals surface area contributed by atoms with E-state index < -0.39 is 47.0 Å². The number of hydrogen-bond donors (Lipinski definition) is 4. The van der Waals surface area contributed by atoms with Crippen molar-refractivity contribution < 1.29 is 38.8 Å². The van der Waals surface area contributed by atoms with Crippen molar-refractivity contribution in [1.29, 1.82) is 0 Å². The van der Waals surface area contributed by atoms with Gasteiger partial charge in [-0.05, 0) is 14.0 Å². The summed E-state index contributed by atoms with van der Waals surface area (Å²) in [6.45, 7) is 2.63. The molecule has 1 unspecified atom stereocenters. The van der Waals surface area contributed by atoms with E-state index in [1.54, 1.807) is 28.2 Å². The van der Waals surface area contributed by atoms with Crippen molar-refractivity contribution in [1.82, 2.24) is 35.0 Å². The molecule has 2 aliphatic rings. The van der Waals surface area contributed by atoms with Gasteiger partial charge in [0.1, 0.15) is 21.4 Å². The van der Waals surface area contributed by atoms with Crippen LogP contribution in [-0.2, 0) is 37.1 Å². The minimum absolute atomic E-state index is 0.00853. The number of oxime groups is 1. The number of β-lactam (4-membered cyclic amide) rings is 1. The summed E-state index contributed by atoms with van der Waals surface area (Å²) >= 11 is 8.28. The molecule has 1 saturated heterocycles. The molecule has 0 radical (unpaired) electrons. The summed E-state index contributed by atoms with van der Waals surface area (Å²) in [7, 11) is 5.56. The van der Waals surface area contributed by atoms with E-state index in [0.717, 1.165) is 21.8 Å². The maximum Gasteiger partial charge on any atom is 0.347 e. The average molecular weight is 734 g/mol. The Bertz CT molecular complexity index is 1910. The number of nitrogens with two attached hydrogens (primary N) is 1. The van der Waals surface area contributed by atoms with Crippen LogP contribution >= 0.6 is 34.7 Å². The minimum atomic E-state index is -1.54. The Hall–Kier alpha value is -4.79. The Morgan fingerprint density at radius 2 is 2.12 bits per heavy atom. The summed E-state index contributed by atoms with van der Waals surface area (Å²) in [4.78, 5) is 71.3. The zero-order valence-corrected chi connectivity index (χ0v) is 29.0. The van der Waals surface area contributed by atoms with Gasteiger partial charge in [-0.3, -0.25) is 14.5 Å². The van der Waals surface area contributed by atoms with Gasteiger partial charge < -0.3 is 45.7 Å². The van der Waals surface area contributed by atoms with Crippen LogP contribution in [-0.4, -0.2) is 116 Å². The van der Waals surface area contributed by atoms with E-state index in [-0.39, 0.29) is 33.2 Å². The van der Waals surface area contributed by atoms with Crippen molar-refractivity contribution in [3.8, 4) is 0 Å². The lowest BCUT2D eigenvalue weighted by Crippen LogP contribution is -2.71. The highest BCUT2D eigenvalue weighted by molar-refractivity contribution is 8.00. The van der Waals surface area contributed by atoms with Gasteiger partial charge >= 0.3 is 5.97 Å². The van der Waals surface area contributed by atoms with Gasteiger partial charge in [0.05, 0.1) is 23.5 Å². The molecule has 260 valence electrons.